The van der Waals surface area contributed by atoms with Gasteiger partial charge in [0.2, 0.25) is 5.91 Å². The van der Waals surface area contributed by atoms with Gasteiger partial charge in [-0.2, -0.15) is 0 Å². The molecule has 0 aliphatic rings. The van der Waals surface area contributed by atoms with Crippen molar-refractivity contribution in [2.45, 2.75) is 32.4 Å². The van der Waals surface area contributed by atoms with Crippen LogP contribution in [0.4, 0.5) is 4.39 Å². The topological polar surface area (TPSA) is 55.6 Å². The monoisotopic (exact) mass is 352 g/mol. The van der Waals surface area contributed by atoms with Gasteiger partial charge in [-0.3, -0.25) is 4.79 Å². The van der Waals surface area contributed by atoms with Gasteiger partial charge in [0.05, 0.1) is 6.61 Å². The van der Waals surface area contributed by atoms with E-state index in [2.05, 4.69) is 0 Å². The normalized spacial score (nSPS) is 11.7. The molecule has 7 heteroatoms. The third-order valence-corrected chi connectivity index (χ3v) is 3.46. The number of hydrogen-bond acceptors (Lipinski definition) is 3. The largest absolute Gasteiger partial charge is 0.383 e. The first-order valence-corrected chi connectivity index (χ1v) is 7.28. The van der Waals surface area contributed by atoms with Crippen LogP contribution < -0.4 is 5.73 Å². The van der Waals surface area contributed by atoms with Gasteiger partial charge in [-0.15, -0.1) is 12.4 Å². The number of halogens is 3. The van der Waals surface area contributed by atoms with Gasteiger partial charge >= 0.3 is 0 Å². The summed E-state index contributed by atoms with van der Waals surface area (Å²) in [6, 6.07) is 4.16. The highest BCUT2D eigenvalue weighted by molar-refractivity contribution is 6.31. The molecule has 1 aromatic rings. The average Bonchev–Trinajstić information content (AvgIpc) is 2.43. The number of nitrogens with zero attached hydrogens (tertiary/aromatic N) is 1. The van der Waals surface area contributed by atoms with Crippen molar-refractivity contribution >= 4 is 29.9 Å². The van der Waals surface area contributed by atoms with Crippen LogP contribution in [-0.2, 0) is 16.1 Å². The van der Waals surface area contributed by atoms with E-state index in [9.17, 15) is 9.18 Å². The lowest BCUT2D eigenvalue weighted by Gasteiger charge is -2.23. The van der Waals surface area contributed by atoms with Gasteiger partial charge in [-0.05, 0) is 31.0 Å². The predicted molar refractivity (Wildman–Crippen MR) is 88.8 cm³/mol. The fourth-order valence-electron chi connectivity index (χ4n) is 1.86. The zero-order valence-electron chi connectivity index (χ0n) is 12.9. The van der Waals surface area contributed by atoms with Crippen molar-refractivity contribution in [2.75, 3.05) is 20.3 Å². The molecular weight excluding hydrogens is 330 g/mol. The van der Waals surface area contributed by atoms with E-state index >= 15 is 0 Å². The maximum absolute atomic E-state index is 13.1. The summed E-state index contributed by atoms with van der Waals surface area (Å²) in [6.45, 7) is 3.09. The lowest BCUT2D eigenvalue weighted by atomic mass is 10.1. The summed E-state index contributed by atoms with van der Waals surface area (Å²) < 4.78 is 18.1. The first-order chi connectivity index (χ1) is 9.93. The Morgan fingerprint density at radius 2 is 2.18 bits per heavy atom. The van der Waals surface area contributed by atoms with E-state index in [4.69, 9.17) is 22.1 Å². The molecule has 0 radical (unpaired) electrons. The van der Waals surface area contributed by atoms with E-state index in [0.29, 0.717) is 43.1 Å². The Labute approximate surface area is 142 Å². The molecule has 0 aromatic heterocycles. The number of amides is 1. The zero-order valence-corrected chi connectivity index (χ0v) is 14.4. The highest BCUT2D eigenvalue weighted by atomic mass is 35.5. The standard InChI is InChI=1S/C15H22ClFN2O2.ClH/c1-11(18)3-6-15(20)19(7-8-21-2)10-12-4-5-13(17)9-14(12)16;/h4-5,9,11H,3,6-8,10,18H2,1-2H3;1H. The molecule has 0 aliphatic heterocycles. The van der Waals surface area contributed by atoms with Gasteiger partial charge < -0.3 is 15.4 Å². The van der Waals surface area contributed by atoms with E-state index in [1.54, 1.807) is 18.1 Å². The molecule has 1 rings (SSSR count). The first kappa shape index (κ1) is 21.1. The van der Waals surface area contributed by atoms with Gasteiger partial charge in [-0.25, -0.2) is 4.39 Å². The Kier molecular flexibility index (Phi) is 10.3. The van der Waals surface area contributed by atoms with Crippen LogP contribution in [0.1, 0.15) is 25.3 Å². The van der Waals surface area contributed by atoms with Crippen molar-refractivity contribution in [3.63, 3.8) is 0 Å². The van der Waals surface area contributed by atoms with Crippen LogP contribution in [0, 0.1) is 5.82 Å². The molecule has 0 spiro atoms. The number of rotatable bonds is 8. The lowest BCUT2D eigenvalue weighted by Crippen LogP contribution is -2.34. The van der Waals surface area contributed by atoms with Crippen molar-refractivity contribution in [1.29, 1.82) is 0 Å². The fraction of sp³-hybridized carbons (Fsp3) is 0.533. The molecular formula is C15H23Cl2FN2O2. The molecule has 1 unspecified atom stereocenters. The molecule has 0 saturated heterocycles. The summed E-state index contributed by atoms with van der Waals surface area (Å²) in [4.78, 5) is 13.9. The second kappa shape index (κ2) is 10.8. The molecule has 1 aromatic carbocycles. The number of carbonyl (C=O) groups is 1. The maximum Gasteiger partial charge on any atom is 0.223 e. The van der Waals surface area contributed by atoms with E-state index < -0.39 is 5.82 Å². The fourth-order valence-corrected chi connectivity index (χ4v) is 2.09. The van der Waals surface area contributed by atoms with Crippen molar-refractivity contribution in [3.05, 3.63) is 34.6 Å². The Balaban J connectivity index is 0.00000441. The minimum Gasteiger partial charge on any atom is -0.383 e. The number of hydrogen-bond donors (Lipinski definition) is 1. The summed E-state index contributed by atoms with van der Waals surface area (Å²) in [5.41, 5.74) is 6.39. The lowest BCUT2D eigenvalue weighted by molar-refractivity contribution is -0.132. The average molecular weight is 353 g/mol. The third-order valence-electron chi connectivity index (χ3n) is 3.11. The summed E-state index contributed by atoms with van der Waals surface area (Å²) >= 11 is 6.01. The maximum atomic E-state index is 13.1. The minimum atomic E-state index is -0.393. The molecule has 0 saturated carbocycles. The summed E-state index contributed by atoms with van der Waals surface area (Å²) in [6.07, 6.45) is 1.000. The SMILES string of the molecule is COCCN(Cc1ccc(F)cc1Cl)C(=O)CCC(C)N.Cl. The third kappa shape index (κ3) is 7.40. The molecule has 0 aliphatic carbocycles. The molecule has 2 N–H and O–H groups in total. The summed E-state index contributed by atoms with van der Waals surface area (Å²) in [7, 11) is 1.58. The van der Waals surface area contributed by atoms with Gasteiger partial charge in [0.25, 0.3) is 0 Å². The predicted octanol–water partition coefficient (Wildman–Crippen LogP) is 3.00. The molecule has 0 heterocycles. The van der Waals surface area contributed by atoms with E-state index in [1.165, 1.54) is 12.1 Å². The van der Waals surface area contributed by atoms with Crippen LogP contribution in [0.5, 0.6) is 0 Å². The molecule has 1 atom stereocenters. The van der Waals surface area contributed by atoms with Crippen LogP contribution in [0.2, 0.25) is 5.02 Å². The quantitative estimate of drug-likeness (QED) is 0.782. The number of methoxy groups -OCH3 is 1. The van der Waals surface area contributed by atoms with Crippen molar-refractivity contribution in [3.8, 4) is 0 Å². The second-order valence-corrected chi connectivity index (χ2v) is 5.47. The molecule has 126 valence electrons. The Hall–Kier alpha value is -0.880. The highest BCUT2D eigenvalue weighted by Gasteiger charge is 2.16. The zero-order chi connectivity index (χ0) is 15.8. The molecule has 0 bridgehead atoms. The minimum absolute atomic E-state index is 0. The van der Waals surface area contributed by atoms with Gasteiger partial charge in [0.15, 0.2) is 0 Å². The summed E-state index contributed by atoms with van der Waals surface area (Å²) in [5.74, 6) is -0.403. The molecule has 1 amide bonds. The Morgan fingerprint density at radius 3 is 2.73 bits per heavy atom. The highest BCUT2D eigenvalue weighted by Crippen LogP contribution is 2.19. The molecule has 22 heavy (non-hydrogen) atoms. The van der Waals surface area contributed by atoms with Gasteiger partial charge in [0.1, 0.15) is 5.82 Å². The van der Waals surface area contributed by atoms with E-state index in [1.807, 2.05) is 6.92 Å². The number of carbonyl (C=O) groups excluding carboxylic acids is 1. The van der Waals surface area contributed by atoms with Crippen LogP contribution in [0.15, 0.2) is 18.2 Å². The van der Waals surface area contributed by atoms with Crippen molar-refractivity contribution < 1.29 is 13.9 Å². The van der Waals surface area contributed by atoms with Crippen molar-refractivity contribution in [1.82, 2.24) is 4.90 Å². The van der Waals surface area contributed by atoms with Crippen LogP contribution >= 0.6 is 24.0 Å². The van der Waals surface area contributed by atoms with Crippen LogP contribution in [0.3, 0.4) is 0 Å². The molecule has 0 fully saturated rings. The Bertz CT molecular complexity index is 473. The number of nitrogens with two attached hydrogens (primary N) is 1. The van der Waals surface area contributed by atoms with E-state index in [0.717, 1.165) is 0 Å². The summed E-state index contributed by atoms with van der Waals surface area (Å²) in [5, 5.41) is 0.317. The number of ether oxygens (including phenoxy) is 1. The smallest absolute Gasteiger partial charge is 0.223 e. The van der Waals surface area contributed by atoms with Crippen LogP contribution in [0.25, 0.3) is 0 Å². The van der Waals surface area contributed by atoms with Gasteiger partial charge in [-0.1, -0.05) is 17.7 Å². The van der Waals surface area contributed by atoms with E-state index in [-0.39, 0.29) is 24.4 Å². The van der Waals surface area contributed by atoms with Crippen LogP contribution in [-0.4, -0.2) is 37.1 Å². The van der Waals surface area contributed by atoms with Gasteiger partial charge in [0, 0.05) is 37.7 Å². The van der Waals surface area contributed by atoms with Crippen molar-refractivity contribution in [2.24, 2.45) is 5.73 Å². The molecule has 4 nitrogen and oxygen atoms in total. The number of benzene rings is 1. The second-order valence-electron chi connectivity index (χ2n) is 5.06. The first-order valence-electron chi connectivity index (χ1n) is 6.90. The Morgan fingerprint density at radius 1 is 1.50 bits per heavy atom.